The molecular weight excluding hydrogens is 527 g/mol. The van der Waals surface area contributed by atoms with Crippen LogP contribution < -0.4 is 0 Å². The van der Waals surface area contributed by atoms with E-state index >= 15 is 0 Å². The second-order valence-corrected chi connectivity index (χ2v) is 10.8. The third-order valence-corrected chi connectivity index (χ3v) is 8.13. The fraction of sp³-hybridized carbons (Fsp3) is 0.323. The normalized spacial score (nSPS) is 16.0. The summed E-state index contributed by atoms with van der Waals surface area (Å²) in [6.45, 7) is 7.62. The summed E-state index contributed by atoms with van der Waals surface area (Å²) in [6.07, 6.45) is -4.45. The van der Waals surface area contributed by atoms with E-state index < -0.39 is 17.8 Å². The van der Waals surface area contributed by atoms with Crippen molar-refractivity contribution in [1.29, 1.82) is 0 Å². The Balaban J connectivity index is 1.32. The number of halogens is 3. The minimum Gasteiger partial charge on any atom is -0.346 e. The van der Waals surface area contributed by atoms with Crippen molar-refractivity contribution in [2.75, 3.05) is 26.2 Å². The smallest absolute Gasteiger partial charge is 0.346 e. The molecule has 0 spiro atoms. The topological polar surface area (TPSA) is 55.0 Å². The zero-order valence-electron chi connectivity index (χ0n) is 23.3. The molecule has 1 atom stereocenters. The third kappa shape index (κ3) is 5.25. The minimum atomic E-state index is -4.45. The van der Waals surface area contributed by atoms with Gasteiger partial charge in [0.15, 0.2) is 5.82 Å². The third-order valence-electron chi connectivity index (χ3n) is 8.13. The number of benzene rings is 3. The van der Waals surface area contributed by atoms with Crippen LogP contribution in [0.1, 0.15) is 39.8 Å². The van der Waals surface area contributed by atoms with Crippen LogP contribution in [0.25, 0.3) is 16.6 Å². The lowest BCUT2D eigenvalue weighted by atomic mass is 10.00. The molecule has 0 amide bonds. The molecule has 0 bridgehead atoms. The second-order valence-electron chi connectivity index (χ2n) is 10.8. The van der Waals surface area contributed by atoms with Gasteiger partial charge < -0.3 is 4.57 Å². The van der Waals surface area contributed by atoms with Gasteiger partial charge in [-0.05, 0) is 70.6 Å². The number of rotatable bonds is 6. The Hall–Kier alpha value is -4.02. The molecule has 0 saturated carbocycles. The summed E-state index contributed by atoms with van der Waals surface area (Å²) < 4.78 is 45.2. The molecule has 1 aliphatic heterocycles. The number of piperazine rings is 1. The summed E-state index contributed by atoms with van der Waals surface area (Å²) in [5.74, 6) is 0.504. The summed E-state index contributed by atoms with van der Waals surface area (Å²) in [6, 6.07) is 21.5. The van der Waals surface area contributed by atoms with Crippen LogP contribution in [0, 0.1) is 13.8 Å². The lowest BCUT2D eigenvalue weighted by Gasteiger charge is -2.39. The van der Waals surface area contributed by atoms with Gasteiger partial charge in [-0.3, -0.25) is 9.80 Å². The van der Waals surface area contributed by atoms with Gasteiger partial charge in [0.1, 0.15) is 0 Å². The molecule has 41 heavy (non-hydrogen) atoms. The maximum atomic E-state index is 13.8. The van der Waals surface area contributed by atoms with E-state index in [4.69, 9.17) is 0 Å². The maximum absolute atomic E-state index is 13.8. The summed E-state index contributed by atoms with van der Waals surface area (Å²) in [4.78, 5) is 4.59. The van der Waals surface area contributed by atoms with Crippen molar-refractivity contribution in [1.82, 2.24) is 34.6 Å². The van der Waals surface area contributed by atoms with E-state index in [2.05, 4.69) is 55.1 Å². The number of hydrogen-bond acceptors (Lipinski definition) is 5. The van der Waals surface area contributed by atoms with Gasteiger partial charge in [-0.25, -0.2) is 0 Å². The van der Waals surface area contributed by atoms with Crippen molar-refractivity contribution >= 4 is 10.9 Å². The molecule has 6 rings (SSSR count). The number of fused-ring (bicyclic) bond motifs is 1. The number of aromatic nitrogens is 5. The van der Waals surface area contributed by atoms with Gasteiger partial charge >= 0.3 is 6.18 Å². The molecule has 1 saturated heterocycles. The summed E-state index contributed by atoms with van der Waals surface area (Å²) in [5, 5.41) is 13.9. The van der Waals surface area contributed by atoms with E-state index in [1.807, 2.05) is 44.2 Å². The summed E-state index contributed by atoms with van der Waals surface area (Å²) >= 11 is 0. The Kier molecular flexibility index (Phi) is 7.13. The molecule has 1 aliphatic rings. The predicted molar refractivity (Wildman–Crippen MR) is 152 cm³/mol. The fourth-order valence-electron chi connectivity index (χ4n) is 5.98. The van der Waals surface area contributed by atoms with Crippen molar-refractivity contribution in [3.8, 4) is 5.69 Å². The highest BCUT2D eigenvalue weighted by Crippen LogP contribution is 2.35. The molecule has 3 heterocycles. The molecule has 0 radical (unpaired) electrons. The Morgan fingerprint density at radius 3 is 2.27 bits per heavy atom. The first-order valence-electron chi connectivity index (χ1n) is 13.7. The largest absolute Gasteiger partial charge is 0.416 e. The van der Waals surface area contributed by atoms with E-state index in [0.717, 1.165) is 42.5 Å². The number of aryl methyl sites for hydroxylation is 3. The molecule has 212 valence electrons. The highest BCUT2D eigenvalue weighted by molar-refractivity contribution is 5.81. The fourth-order valence-corrected chi connectivity index (χ4v) is 5.98. The standard InChI is InChI=1S/C31H32F3N7/c1-21-8-6-9-22(2)28(21)41-30(35-36-37-41)29(24-11-7-12-25(18-24)31(32,33)34)40-16-14-39(15-17-40)20-26-19-23-10-4-5-13-27(23)38(26)3/h4-13,18-19,29H,14-17,20H2,1-3H3/t29-/m0/s1. The summed E-state index contributed by atoms with van der Waals surface area (Å²) in [5.41, 5.74) is 5.09. The van der Waals surface area contributed by atoms with E-state index in [0.29, 0.717) is 24.5 Å². The molecule has 10 heteroatoms. The number of hydrogen-bond donors (Lipinski definition) is 0. The average Bonchev–Trinajstić information content (AvgIpc) is 3.54. The van der Waals surface area contributed by atoms with Crippen molar-refractivity contribution in [3.05, 3.63) is 107 Å². The Morgan fingerprint density at radius 1 is 0.854 bits per heavy atom. The SMILES string of the molecule is Cc1cccc(C)c1-n1nnnc1[C@H](c1cccc(C(F)(F)F)c1)N1CCN(Cc2cc3ccccc3n2C)CC1. The van der Waals surface area contributed by atoms with E-state index in [-0.39, 0.29) is 0 Å². The van der Waals surface area contributed by atoms with E-state index in [1.165, 1.54) is 28.7 Å². The highest BCUT2D eigenvalue weighted by Gasteiger charge is 2.35. The van der Waals surface area contributed by atoms with Crippen LogP contribution in [0.5, 0.6) is 0 Å². The maximum Gasteiger partial charge on any atom is 0.416 e. The van der Waals surface area contributed by atoms with Crippen LogP contribution in [-0.4, -0.2) is 60.8 Å². The lowest BCUT2D eigenvalue weighted by Crippen LogP contribution is -2.48. The number of tetrazole rings is 1. The van der Waals surface area contributed by atoms with Crippen LogP contribution in [0.4, 0.5) is 13.2 Å². The molecule has 7 nitrogen and oxygen atoms in total. The summed E-state index contributed by atoms with van der Waals surface area (Å²) in [7, 11) is 2.09. The van der Waals surface area contributed by atoms with E-state index in [1.54, 1.807) is 10.7 Å². The second kappa shape index (κ2) is 10.8. The molecule has 5 aromatic rings. The first kappa shape index (κ1) is 27.2. The molecular formula is C31H32F3N7. The Morgan fingerprint density at radius 2 is 1.56 bits per heavy atom. The molecule has 0 unspecified atom stereocenters. The van der Waals surface area contributed by atoms with Crippen LogP contribution >= 0.6 is 0 Å². The van der Waals surface area contributed by atoms with Gasteiger partial charge in [0, 0.05) is 51.0 Å². The first-order valence-corrected chi connectivity index (χ1v) is 13.7. The van der Waals surface area contributed by atoms with Gasteiger partial charge in [0.25, 0.3) is 0 Å². The van der Waals surface area contributed by atoms with Gasteiger partial charge in [-0.2, -0.15) is 17.9 Å². The van der Waals surface area contributed by atoms with Crippen LogP contribution in [0.15, 0.2) is 72.8 Å². The number of alkyl halides is 3. The van der Waals surface area contributed by atoms with Gasteiger partial charge in [-0.1, -0.05) is 48.5 Å². The van der Waals surface area contributed by atoms with Crippen LogP contribution in [0.2, 0.25) is 0 Å². The zero-order valence-corrected chi connectivity index (χ0v) is 23.3. The predicted octanol–water partition coefficient (Wildman–Crippen LogP) is 5.70. The Labute approximate surface area is 236 Å². The van der Waals surface area contributed by atoms with Crippen molar-refractivity contribution in [2.24, 2.45) is 7.05 Å². The van der Waals surface area contributed by atoms with Crippen molar-refractivity contribution in [3.63, 3.8) is 0 Å². The van der Waals surface area contributed by atoms with Crippen LogP contribution in [-0.2, 0) is 19.8 Å². The van der Waals surface area contributed by atoms with Gasteiger partial charge in [0.2, 0.25) is 0 Å². The van der Waals surface area contributed by atoms with E-state index in [9.17, 15) is 13.2 Å². The van der Waals surface area contributed by atoms with Gasteiger partial charge in [-0.15, -0.1) is 5.10 Å². The number of para-hydroxylation sites is 2. The molecule has 3 aromatic carbocycles. The van der Waals surface area contributed by atoms with Crippen molar-refractivity contribution in [2.45, 2.75) is 32.6 Å². The molecule has 2 aromatic heterocycles. The first-order chi connectivity index (χ1) is 19.7. The highest BCUT2D eigenvalue weighted by atomic mass is 19.4. The zero-order chi connectivity index (χ0) is 28.7. The average molecular weight is 560 g/mol. The lowest BCUT2D eigenvalue weighted by molar-refractivity contribution is -0.137. The Bertz CT molecular complexity index is 1660. The molecule has 0 N–H and O–H groups in total. The number of nitrogens with zero attached hydrogens (tertiary/aromatic N) is 7. The van der Waals surface area contributed by atoms with Crippen molar-refractivity contribution < 1.29 is 13.2 Å². The molecule has 0 aliphatic carbocycles. The van der Waals surface area contributed by atoms with Gasteiger partial charge in [0.05, 0.1) is 17.3 Å². The molecule has 1 fully saturated rings. The van der Waals surface area contributed by atoms with Crippen LogP contribution in [0.3, 0.4) is 0 Å². The quantitative estimate of drug-likeness (QED) is 0.267. The minimum absolute atomic E-state index is 0.504. The monoisotopic (exact) mass is 559 g/mol.